The molecule has 0 spiro atoms. The number of benzene rings is 1. The molecule has 0 aliphatic carbocycles. The van der Waals surface area contributed by atoms with Gasteiger partial charge in [-0.25, -0.2) is 0 Å². The molecule has 2 aromatic rings. The van der Waals surface area contributed by atoms with Gasteiger partial charge < -0.3 is 10.5 Å². The van der Waals surface area contributed by atoms with Gasteiger partial charge >= 0.3 is 0 Å². The van der Waals surface area contributed by atoms with E-state index in [2.05, 4.69) is 18.0 Å². The van der Waals surface area contributed by atoms with Crippen molar-refractivity contribution in [3.05, 3.63) is 47.8 Å². The second-order valence-electron chi connectivity index (χ2n) is 3.71. The lowest BCUT2D eigenvalue weighted by Gasteiger charge is -2.11. The fourth-order valence-electron chi connectivity index (χ4n) is 1.44. The number of hydrogen-bond acceptors (Lipinski definition) is 3. The van der Waals surface area contributed by atoms with Crippen LogP contribution in [-0.4, -0.2) is 4.98 Å². The quantitative estimate of drug-likeness (QED) is 0.835. The van der Waals surface area contributed by atoms with Crippen LogP contribution in [-0.2, 0) is 0 Å². The van der Waals surface area contributed by atoms with E-state index in [1.54, 1.807) is 18.5 Å². The molecule has 2 rings (SSSR count). The highest BCUT2D eigenvalue weighted by Gasteiger charge is 2.05. The average molecular weight is 214 g/mol. The molecule has 0 bridgehead atoms. The van der Waals surface area contributed by atoms with Gasteiger partial charge in [0.25, 0.3) is 0 Å². The van der Waals surface area contributed by atoms with Crippen LogP contribution in [0.15, 0.2) is 36.7 Å². The Morgan fingerprint density at radius 1 is 1.12 bits per heavy atom. The van der Waals surface area contributed by atoms with Gasteiger partial charge in [0.1, 0.15) is 5.75 Å². The second kappa shape index (κ2) is 4.23. The maximum atomic E-state index is 5.77. The molecule has 0 aliphatic rings. The zero-order valence-corrected chi connectivity index (χ0v) is 9.40. The fraction of sp³-hybridized carbons (Fsp3) is 0.154. The first-order valence-corrected chi connectivity index (χ1v) is 5.12. The van der Waals surface area contributed by atoms with Crippen LogP contribution < -0.4 is 10.5 Å². The average Bonchev–Trinajstić information content (AvgIpc) is 2.28. The summed E-state index contributed by atoms with van der Waals surface area (Å²) in [4.78, 5) is 3.92. The Kier molecular flexibility index (Phi) is 2.77. The normalized spacial score (nSPS) is 10.1. The standard InChI is InChI=1S/C13H14N2O/c1-9-4-3-5-12(10(9)2)16-13-6-7-15-8-11(13)14/h3-8H,14H2,1-2H3. The summed E-state index contributed by atoms with van der Waals surface area (Å²) in [5.41, 5.74) is 8.64. The van der Waals surface area contributed by atoms with Crippen LogP contribution in [0.2, 0.25) is 0 Å². The van der Waals surface area contributed by atoms with Crippen LogP contribution in [0.5, 0.6) is 11.5 Å². The minimum Gasteiger partial charge on any atom is -0.455 e. The fourth-order valence-corrected chi connectivity index (χ4v) is 1.44. The van der Waals surface area contributed by atoms with Gasteiger partial charge in [0.15, 0.2) is 5.75 Å². The Bertz CT molecular complexity index is 509. The number of pyridine rings is 1. The van der Waals surface area contributed by atoms with Crippen molar-refractivity contribution in [1.29, 1.82) is 0 Å². The first kappa shape index (κ1) is 10.5. The minimum atomic E-state index is 0.545. The zero-order valence-electron chi connectivity index (χ0n) is 9.40. The molecule has 0 saturated heterocycles. The number of ether oxygens (including phenoxy) is 1. The third-order valence-corrected chi connectivity index (χ3v) is 2.58. The van der Waals surface area contributed by atoms with E-state index < -0.39 is 0 Å². The Labute approximate surface area is 94.9 Å². The molecule has 0 aliphatic heterocycles. The number of aryl methyl sites for hydroxylation is 1. The summed E-state index contributed by atoms with van der Waals surface area (Å²) in [5.74, 6) is 1.47. The molecule has 1 heterocycles. The Morgan fingerprint density at radius 2 is 1.94 bits per heavy atom. The molecule has 0 amide bonds. The van der Waals surface area contributed by atoms with E-state index in [4.69, 9.17) is 10.5 Å². The van der Waals surface area contributed by atoms with Gasteiger partial charge in [-0.1, -0.05) is 12.1 Å². The van der Waals surface area contributed by atoms with Gasteiger partial charge in [0, 0.05) is 12.3 Å². The van der Waals surface area contributed by atoms with Crippen molar-refractivity contribution in [3.63, 3.8) is 0 Å². The lowest BCUT2D eigenvalue weighted by molar-refractivity contribution is 0.480. The van der Waals surface area contributed by atoms with E-state index in [-0.39, 0.29) is 0 Å². The van der Waals surface area contributed by atoms with Crippen LogP contribution in [0.3, 0.4) is 0 Å². The van der Waals surface area contributed by atoms with E-state index in [0.717, 1.165) is 11.3 Å². The van der Waals surface area contributed by atoms with E-state index in [1.165, 1.54) is 5.56 Å². The van der Waals surface area contributed by atoms with Crippen molar-refractivity contribution in [1.82, 2.24) is 4.98 Å². The van der Waals surface area contributed by atoms with E-state index >= 15 is 0 Å². The van der Waals surface area contributed by atoms with Crippen molar-refractivity contribution in [3.8, 4) is 11.5 Å². The molecule has 0 radical (unpaired) electrons. The first-order chi connectivity index (χ1) is 7.68. The summed E-state index contributed by atoms with van der Waals surface area (Å²) in [6.45, 7) is 4.08. The molecule has 82 valence electrons. The third kappa shape index (κ3) is 1.98. The molecular weight excluding hydrogens is 200 g/mol. The smallest absolute Gasteiger partial charge is 0.153 e. The summed E-state index contributed by atoms with van der Waals surface area (Å²) in [6, 6.07) is 7.71. The zero-order chi connectivity index (χ0) is 11.5. The molecule has 3 nitrogen and oxygen atoms in total. The Balaban J connectivity index is 2.35. The van der Waals surface area contributed by atoms with Gasteiger partial charge in [-0.15, -0.1) is 0 Å². The van der Waals surface area contributed by atoms with E-state index in [1.807, 2.05) is 19.1 Å². The van der Waals surface area contributed by atoms with Crippen molar-refractivity contribution >= 4 is 5.69 Å². The van der Waals surface area contributed by atoms with Gasteiger partial charge in [0.2, 0.25) is 0 Å². The number of rotatable bonds is 2. The number of aromatic nitrogens is 1. The summed E-state index contributed by atoms with van der Waals surface area (Å²) in [5, 5.41) is 0. The highest BCUT2D eigenvalue weighted by atomic mass is 16.5. The summed E-state index contributed by atoms with van der Waals surface area (Å²) >= 11 is 0. The first-order valence-electron chi connectivity index (χ1n) is 5.12. The monoisotopic (exact) mass is 214 g/mol. The summed E-state index contributed by atoms with van der Waals surface area (Å²) in [6.07, 6.45) is 3.25. The number of anilines is 1. The summed E-state index contributed by atoms with van der Waals surface area (Å²) in [7, 11) is 0. The van der Waals surface area contributed by atoms with Crippen LogP contribution in [0.25, 0.3) is 0 Å². The minimum absolute atomic E-state index is 0.545. The number of nitrogens with zero attached hydrogens (tertiary/aromatic N) is 1. The molecule has 2 N–H and O–H groups in total. The maximum absolute atomic E-state index is 5.77. The lowest BCUT2D eigenvalue weighted by atomic mass is 10.1. The number of nitrogen functional groups attached to an aromatic ring is 1. The molecule has 1 aromatic carbocycles. The van der Waals surface area contributed by atoms with Crippen molar-refractivity contribution in [2.24, 2.45) is 0 Å². The van der Waals surface area contributed by atoms with Gasteiger partial charge in [0.05, 0.1) is 11.9 Å². The van der Waals surface area contributed by atoms with Crippen LogP contribution in [0, 0.1) is 13.8 Å². The van der Waals surface area contributed by atoms with Crippen LogP contribution in [0.4, 0.5) is 5.69 Å². The molecule has 0 unspecified atom stereocenters. The molecule has 0 fully saturated rings. The topological polar surface area (TPSA) is 48.1 Å². The summed E-state index contributed by atoms with van der Waals surface area (Å²) < 4.78 is 5.76. The molecule has 16 heavy (non-hydrogen) atoms. The molecule has 3 heteroatoms. The highest BCUT2D eigenvalue weighted by molar-refractivity contribution is 5.52. The third-order valence-electron chi connectivity index (χ3n) is 2.58. The van der Waals surface area contributed by atoms with Gasteiger partial charge in [-0.3, -0.25) is 4.98 Å². The van der Waals surface area contributed by atoms with Crippen LogP contribution >= 0.6 is 0 Å². The van der Waals surface area contributed by atoms with E-state index in [0.29, 0.717) is 11.4 Å². The Morgan fingerprint density at radius 3 is 2.69 bits per heavy atom. The second-order valence-corrected chi connectivity index (χ2v) is 3.71. The number of nitrogens with two attached hydrogens (primary N) is 1. The van der Waals surface area contributed by atoms with Gasteiger partial charge in [-0.2, -0.15) is 0 Å². The molecule has 1 aromatic heterocycles. The predicted octanol–water partition coefficient (Wildman–Crippen LogP) is 3.07. The molecule has 0 atom stereocenters. The van der Waals surface area contributed by atoms with Crippen molar-refractivity contribution in [2.75, 3.05) is 5.73 Å². The SMILES string of the molecule is Cc1cccc(Oc2ccncc2N)c1C. The molecule has 0 saturated carbocycles. The molecular formula is C13H14N2O. The number of hydrogen-bond donors (Lipinski definition) is 1. The Hall–Kier alpha value is -2.03. The van der Waals surface area contributed by atoms with Crippen LogP contribution in [0.1, 0.15) is 11.1 Å². The highest BCUT2D eigenvalue weighted by Crippen LogP contribution is 2.29. The van der Waals surface area contributed by atoms with Crippen molar-refractivity contribution in [2.45, 2.75) is 13.8 Å². The van der Waals surface area contributed by atoms with E-state index in [9.17, 15) is 0 Å². The lowest BCUT2D eigenvalue weighted by Crippen LogP contribution is -1.94. The predicted molar refractivity (Wildman–Crippen MR) is 64.6 cm³/mol. The van der Waals surface area contributed by atoms with Gasteiger partial charge in [-0.05, 0) is 31.0 Å². The maximum Gasteiger partial charge on any atom is 0.153 e. The van der Waals surface area contributed by atoms with Crippen molar-refractivity contribution < 1.29 is 4.74 Å². The largest absolute Gasteiger partial charge is 0.455 e.